The number of aryl methyl sites for hydroxylation is 3. The molecule has 100 valence electrons. The van der Waals surface area contributed by atoms with Crippen molar-refractivity contribution in [2.45, 2.75) is 20.8 Å². The van der Waals surface area contributed by atoms with Crippen molar-refractivity contribution in [3.05, 3.63) is 64.7 Å². The number of carbonyl (C=O) groups excluding carboxylic acids is 1. The summed E-state index contributed by atoms with van der Waals surface area (Å²) in [6, 6.07) is 13.3. The average molecular weight is 296 g/mol. The second-order valence-corrected chi connectivity index (χ2v) is 5.10. The minimum absolute atomic E-state index is 0. The molecule has 2 rings (SSSR count). The van der Waals surface area contributed by atoms with Crippen LogP contribution >= 0.6 is 8.46 Å². The third kappa shape index (κ3) is 6.58. The third-order valence-corrected chi connectivity index (χ3v) is 3.13. The first-order valence-electron chi connectivity index (χ1n) is 5.99. The van der Waals surface area contributed by atoms with Gasteiger partial charge in [0.25, 0.3) is 0 Å². The van der Waals surface area contributed by atoms with E-state index in [0.29, 0.717) is 17.2 Å². The quantitative estimate of drug-likeness (QED) is 0.484. The van der Waals surface area contributed by atoms with E-state index in [9.17, 15) is 9.36 Å². The van der Waals surface area contributed by atoms with Crippen molar-refractivity contribution in [3.8, 4) is 0 Å². The molecule has 20 heavy (non-hydrogen) atoms. The molecule has 0 aliphatic heterocycles. The maximum atomic E-state index is 10.3. The Labute approximate surface area is 144 Å². The zero-order chi connectivity index (χ0) is 14.3. The van der Waals surface area contributed by atoms with Crippen LogP contribution in [0.3, 0.4) is 0 Å². The van der Waals surface area contributed by atoms with E-state index in [1.54, 1.807) is 24.3 Å². The number of benzene rings is 2. The SMILES string of the molecule is Cc1cc(C)cc(C)c1.O=Cc1ccccc1P=O.[NaH]. The molecule has 0 saturated carbocycles. The summed E-state index contributed by atoms with van der Waals surface area (Å²) in [4.78, 5) is 10.2. The molecule has 0 unspecified atom stereocenters. The molecular weight excluding hydrogens is 278 g/mol. The molecule has 0 N–H and O–H groups in total. The van der Waals surface area contributed by atoms with Gasteiger partial charge in [-0.15, -0.1) is 0 Å². The van der Waals surface area contributed by atoms with Crippen LogP contribution in [0, 0.1) is 20.8 Å². The fourth-order valence-corrected chi connectivity index (χ4v) is 2.25. The summed E-state index contributed by atoms with van der Waals surface area (Å²) in [5.74, 6) is 0. The zero-order valence-corrected chi connectivity index (χ0v) is 12.3. The normalized spacial score (nSPS) is 9.15. The predicted octanol–water partition coefficient (Wildman–Crippen LogP) is 3.38. The molecule has 2 nitrogen and oxygen atoms in total. The van der Waals surface area contributed by atoms with Crippen LogP contribution in [-0.4, -0.2) is 35.8 Å². The molecule has 2 aromatic carbocycles. The van der Waals surface area contributed by atoms with Gasteiger partial charge in [0.1, 0.15) is 0 Å². The van der Waals surface area contributed by atoms with E-state index in [4.69, 9.17) is 0 Å². The molecule has 0 bridgehead atoms. The molecule has 0 atom stereocenters. The van der Waals surface area contributed by atoms with Crippen LogP contribution in [0.5, 0.6) is 0 Å². The molecule has 0 amide bonds. The van der Waals surface area contributed by atoms with Crippen molar-refractivity contribution >= 4 is 49.6 Å². The average Bonchev–Trinajstić information content (AvgIpc) is 2.37. The zero-order valence-electron chi connectivity index (χ0n) is 11.4. The van der Waals surface area contributed by atoms with E-state index in [2.05, 4.69) is 39.0 Å². The minimum atomic E-state index is -0.103. The Bertz CT molecular complexity index is 505. The molecule has 2 aromatic rings. The van der Waals surface area contributed by atoms with Gasteiger partial charge in [0, 0.05) is 5.56 Å². The van der Waals surface area contributed by atoms with Gasteiger partial charge < -0.3 is 0 Å². The molecule has 0 aromatic heterocycles. The van der Waals surface area contributed by atoms with Gasteiger partial charge in [0.05, 0.1) is 5.30 Å². The number of aldehydes is 1. The van der Waals surface area contributed by atoms with E-state index in [1.165, 1.54) is 16.7 Å². The van der Waals surface area contributed by atoms with E-state index < -0.39 is 0 Å². The van der Waals surface area contributed by atoms with Crippen molar-refractivity contribution < 1.29 is 9.36 Å². The first-order chi connectivity index (χ1) is 9.06. The first-order valence-corrected chi connectivity index (χ1v) is 6.80. The Morgan fingerprint density at radius 2 is 1.35 bits per heavy atom. The fraction of sp³-hybridized carbons (Fsp3) is 0.188. The number of hydrogen-bond donors (Lipinski definition) is 0. The summed E-state index contributed by atoms with van der Waals surface area (Å²) >= 11 is 0. The van der Waals surface area contributed by atoms with Crippen LogP contribution in [0.4, 0.5) is 0 Å². The van der Waals surface area contributed by atoms with Crippen molar-refractivity contribution in [1.29, 1.82) is 0 Å². The van der Waals surface area contributed by atoms with E-state index in [0.717, 1.165) is 0 Å². The maximum absolute atomic E-state index is 10.3. The van der Waals surface area contributed by atoms with Crippen LogP contribution in [0.25, 0.3) is 0 Å². The van der Waals surface area contributed by atoms with Crippen molar-refractivity contribution in [2.75, 3.05) is 0 Å². The third-order valence-electron chi connectivity index (χ3n) is 2.53. The van der Waals surface area contributed by atoms with Crippen molar-refractivity contribution in [2.24, 2.45) is 0 Å². The van der Waals surface area contributed by atoms with Gasteiger partial charge in [0.2, 0.25) is 0 Å². The second kappa shape index (κ2) is 10.0. The summed E-state index contributed by atoms with van der Waals surface area (Å²) in [7, 11) is -0.103. The van der Waals surface area contributed by atoms with Gasteiger partial charge in [-0.05, 0) is 26.8 Å². The van der Waals surface area contributed by atoms with Crippen LogP contribution in [0.1, 0.15) is 27.0 Å². The van der Waals surface area contributed by atoms with Crippen molar-refractivity contribution in [3.63, 3.8) is 0 Å². The van der Waals surface area contributed by atoms with Gasteiger partial charge in [-0.2, -0.15) is 0 Å². The summed E-state index contributed by atoms with van der Waals surface area (Å²) in [6.07, 6.45) is 0.695. The summed E-state index contributed by atoms with van der Waals surface area (Å²) in [5, 5.41) is 0.539. The monoisotopic (exact) mass is 296 g/mol. The van der Waals surface area contributed by atoms with E-state index in [1.807, 2.05) is 0 Å². The van der Waals surface area contributed by atoms with Gasteiger partial charge >= 0.3 is 29.6 Å². The Balaban J connectivity index is 0.000000345. The number of rotatable bonds is 2. The van der Waals surface area contributed by atoms with Crippen LogP contribution in [0.2, 0.25) is 0 Å². The molecule has 0 aliphatic rings. The molecule has 0 fully saturated rings. The Kier molecular flexibility index (Phi) is 9.62. The van der Waals surface area contributed by atoms with E-state index in [-0.39, 0.29) is 38.0 Å². The Hall–Kier alpha value is -0.790. The Morgan fingerprint density at radius 1 is 0.900 bits per heavy atom. The van der Waals surface area contributed by atoms with Crippen LogP contribution < -0.4 is 5.30 Å². The van der Waals surface area contributed by atoms with E-state index >= 15 is 0 Å². The molecule has 0 heterocycles. The molecule has 0 saturated heterocycles. The van der Waals surface area contributed by atoms with Gasteiger partial charge in [0.15, 0.2) is 14.7 Å². The standard InChI is InChI=1S/C9H12.C7H5O2P.Na.H/c1-7-4-8(2)6-9(3)5-7;8-5-6-3-1-2-4-7(6)10-9;;/h4-6H,1-3H3;1-5H;;. The molecule has 0 radical (unpaired) electrons. The van der Waals surface area contributed by atoms with Crippen LogP contribution in [-0.2, 0) is 4.57 Å². The summed E-state index contributed by atoms with van der Waals surface area (Å²) < 4.78 is 10.3. The van der Waals surface area contributed by atoms with Gasteiger partial charge in [-0.1, -0.05) is 53.1 Å². The predicted molar refractivity (Wildman–Crippen MR) is 86.9 cm³/mol. The summed E-state index contributed by atoms with van der Waals surface area (Å²) in [6.45, 7) is 6.38. The first kappa shape index (κ1) is 19.2. The molecule has 0 spiro atoms. The van der Waals surface area contributed by atoms with Crippen molar-refractivity contribution in [1.82, 2.24) is 0 Å². The van der Waals surface area contributed by atoms with Gasteiger partial charge in [-0.3, -0.25) is 9.36 Å². The Morgan fingerprint density at radius 3 is 1.70 bits per heavy atom. The number of carbonyl (C=O) groups is 1. The number of hydrogen-bond acceptors (Lipinski definition) is 2. The molecule has 4 heteroatoms. The molecular formula is C16H18NaO2P. The summed E-state index contributed by atoms with van der Waals surface area (Å²) in [5.41, 5.74) is 4.55. The second-order valence-electron chi connectivity index (χ2n) is 4.43. The molecule has 0 aliphatic carbocycles. The topological polar surface area (TPSA) is 34.1 Å². The fourth-order valence-electron chi connectivity index (χ4n) is 1.87. The van der Waals surface area contributed by atoms with Gasteiger partial charge in [-0.25, -0.2) is 0 Å². The van der Waals surface area contributed by atoms with Crippen LogP contribution in [0.15, 0.2) is 42.5 Å².